The number of aryl methyl sites for hydroxylation is 1. The zero-order valence-electron chi connectivity index (χ0n) is 16.2. The van der Waals surface area contributed by atoms with Crippen LogP contribution in [0.2, 0.25) is 0 Å². The van der Waals surface area contributed by atoms with Gasteiger partial charge in [0, 0.05) is 11.1 Å². The summed E-state index contributed by atoms with van der Waals surface area (Å²) in [7, 11) is 1.62. The zero-order chi connectivity index (χ0) is 19.9. The third-order valence-electron chi connectivity index (χ3n) is 4.25. The van der Waals surface area contributed by atoms with E-state index in [-0.39, 0.29) is 11.7 Å². The topological polar surface area (TPSA) is 86.5 Å². The number of hydrogen-bond acceptors (Lipinski definition) is 6. The Labute approximate surface area is 163 Å². The number of carbonyl (C=O) groups excluding carboxylic acids is 1. The highest BCUT2D eigenvalue weighted by molar-refractivity contribution is 6.05. The van der Waals surface area contributed by atoms with Crippen LogP contribution >= 0.6 is 0 Å². The molecule has 0 aliphatic carbocycles. The Hall–Kier alpha value is -3.35. The molecule has 0 aliphatic heterocycles. The molecule has 3 aromatic rings. The predicted octanol–water partition coefficient (Wildman–Crippen LogP) is 4.48. The molecular weight excluding hydrogens is 358 g/mol. The first-order chi connectivity index (χ1) is 13.6. The van der Waals surface area contributed by atoms with Gasteiger partial charge in [0.25, 0.3) is 5.91 Å². The molecule has 0 spiro atoms. The standard InChI is InChI=1S/C21H23N3O4/c1-4-5-11-27-17-8-6-7-16(13-17)21(25)22-20-19(23-28-24-20)15-9-10-18(26-3)14(2)12-15/h6-10,12-13H,4-5,11H2,1-3H3,(H,22,24,25). The number of benzene rings is 2. The number of methoxy groups -OCH3 is 1. The van der Waals surface area contributed by atoms with Crippen molar-refractivity contribution in [1.82, 2.24) is 10.3 Å². The van der Waals surface area contributed by atoms with Gasteiger partial charge in [-0.2, -0.15) is 0 Å². The SMILES string of the molecule is CCCCOc1cccc(C(=O)Nc2nonc2-c2ccc(OC)c(C)c2)c1. The molecule has 146 valence electrons. The Morgan fingerprint density at radius 2 is 2.04 bits per heavy atom. The quantitative estimate of drug-likeness (QED) is 0.579. The van der Waals surface area contributed by atoms with E-state index in [1.54, 1.807) is 25.3 Å². The summed E-state index contributed by atoms with van der Waals surface area (Å²) in [6.45, 7) is 4.65. The third kappa shape index (κ3) is 4.49. The summed E-state index contributed by atoms with van der Waals surface area (Å²) in [6.07, 6.45) is 2.01. The van der Waals surface area contributed by atoms with Crippen LogP contribution in [-0.4, -0.2) is 29.9 Å². The maximum atomic E-state index is 12.6. The van der Waals surface area contributed by atoms with Crippen LogP contribution in [0.25, 0.3) is 11.3 Å². The Morgan fingerprint density at radius 3 is 2.79 bits per heavy atom. The average molecular weight is 381 g/mol. The first-order valence-corrected chi connectivity index (χ1v) is 9.14. The van der Waals surface area contributed by atoms with E-state index in [1.165, 1.54) is 0 Å². The molecule has 7 nitrogen and oxygen atoms in total. The van der Waals surface area contributed by atoms with Gasteiger partial charge in [0.2, 0.25) is 5.82 Å². The van der Waals surface area contributed by atoms with Gasteiger partial charge in [-0.25, -0.2) is 4.63 Å². The first-order valence-electron chi connectivity index (χ1n) is 9.14. The molecule has 0 aliphatic rings. The van der Waals surface area contributed by atoms with Gasteiger partial charge in [-0.1, -0.05) is 19.4 Å². The third-order valence-corrected chi connectivity index (χ3v) is 4.25. The van der Waals surface area contributed by atoms with Crippen molar-refractivity contribution in [2.45, 2.75) is 26.7 Å². The van der Waals surface area contributed by atoms with Gasteiger partial charge in [0.1, 0.15) is 11.5 Å². The van der Waals surface area contributed by atoms with Gasteiger partial charge in [-0.05, 0) is 65.6 Å². The number of nitrogens with zero attached hydrogens (tertiary/aromatic N) is 2. The fourth-order valence-corrected chi connectivity index (χ4v) is 2.73. The van der Waals surface area contributed by atoms with Crippen LogP contribution in [0.3, 0.4) is 0 Å². The molecule has 0 unspecified atom stereocenters. The van der Waals surface area contributed by atoms with Gasteiger partial charge >= 0.3 is 0 Å². The van der Waals surface area contributed by atoms with Crippen LogP contribution in [0.1, 0.15) is 35.7 Å². The number of anilines is 1. The molecule has 0 saturated carbocycles. The lowest BCUT2D eigenvalue weighted by molar-refractivity contribution is 0.102. The summed E-state index contributed by atoms with van der Waals surface area (Å²) in [5.41, 5.74) is 2.63. The number of nitrogens with one attached hydrogen (secondary N) is 1. The van der Waals surface area contributed by atoms with Crippen molar-refractivity contribution in [2.75, 3.05) is 19.0 Å². The minimum atomic E-state index is -0.317. The monoisotopic (exact) mass is 381 g/mol. The number of rotatable bonds is 8. The van der Waals surface area contributed by atoms with Gasteiger partial charge < -0.3 is 14.8 Å². The molecule has 0 saturated heterocycles. The fraction of sp³-hybridized carbons (Fsp3) is 0.286. The van der Waals surface area contributed by atoms with Gasteiger partial charge in [-0.3, -0.25) is 4.79 Å². The number of unbranched alkanes of at least 4 members (excludes halogenated alkanes) is 1. The second-order valence-corrected chi connectivity index (χ2v) is 6.33. The largest absolute Gasteiger partial charge is 0.496 e. The number of carbonyl (C=O) groups is 1. The van der Waals surface area contributed by atoms with Crippen molar-refractivity contribution in [2.24, 2.45) is 0 Å². The van der Waals surface area contributed by atoms with Crippen molar-refractivity contribution in [3.63, 3.8) is 0 Å². The van der Waals surface area contributed by atoms with Gasteiger partial charge in [0.15, 0.2) is 5.69 Å². The molecule has 1 aromatic heterocycles. The molecule has 2 aromatic carbocycles. The second-order valence-electron chi connectivity index (χ2n) is 6.33. The average Bonchev–Trinajstić information content (AvgIpc) is 3.16. The lowest BCUT2D eigenvalue weighted by Crippen LogP contribution is -2.13. The molecule has 3 rings (SSSR count). The van der Waals surface area contributed by atoms with Crippen molar-refractivity contribution in [3.05, 3.63) is 53.6 Å². The highest BCUT2D eigenvalue weighted by Crippen LogP contribution is 2.29. The van der Waals surface area contributed by atoms with E-state index in [0.717, 1.165) is 29.7 Å². The minimum Gasteiger partial charge on any atom is -0.496 e. The number of hydrogen-bond donors (Lipinski definition) is 1. The Kier molecular flexibility index (Phi) is 6.26. The molecule has 0 atom stereocenters. The van der Waals surface area contributed by atoms with E-state index >= 15 is 0 Å². The van der Waals surface area contributed by atoms with Crippen LogP contribution in [0.4, 0.5) is 5.82 Å². The van der Waals surface area contributed by atoms with Crippen molar-refractivity contribution in [3.8, 4) is 22.8 Å². The molecule has 1 N–H and O–H groups in total. The lowest BCUT2D eigenvalue weighted by Gasteiger charge is -2.08. The van der Waals surface area contributed by atoms with Crippen molar-refractivity contribution >= 4 is 11.7 Å². The van der Waals surface area contributed by atoms with E-state index in [9.17, 15) is 4.79 Å². The Bertz CT molecular complexity index is 952. The van der Waals surface area contributed by atoms with Crippen LogP contribution in [0.15, 0.2) is 47.1 Å². The van der Waals surface area contributed by atoms with E-state index in [1.807, 2.05) is 31.2 Å². The normalized spacial score (nSPS) is 10.5. The summed E-state index contributed by atoms with van der Waals surface area (Å²) in [5, 5.41) is 10.5. The van der Waals surface area contributed by atoms with Gasteiger partial charge in [-0.15, -0.1) is 0 Å². The van der Waals surface area contributed by atoms with Crippen LogP contribution in [0.5, 0.6) is 11.5 Å². The highest BCUT2D eigenvalue weighted by Gasteiger charge is 2.17. The van der Waals surface area contributed by atoms with Crippen LogP contribution in [0, 0.1) is 6.92 Å². The molecule has 1 heterocycles. The summed E-state index contributed by atoms with van der Waals surface area (Å²) in [5.74, 6) is 1.37. The van der Waals surface area contributed by atoms with Crippen LogP contribution < -0.4 is 14.8 Å². The molecule has 0 bridgehead atoms. The highest BCUT2D eigenvalue weighted by atomic mass is 16.6. The zero-order valence-corrected chi connectivity index (χ0v) is 16.2. The summed E-state index contributed by atoms with van der Waals surface area (Å²) < 4.78 is 15.8. The summed E-state index contributed by atoms with van der Waals surface area (Å²) >= 11 is 0. The number of amides is 1. The molecule has 0 fully saturated rings. The minimum absolute atomic E-state index is 0.256. The van der Waals surface area contributed by atoms with E-state index in [0.29, 0.717) is 23.6 Å². The van der Waals surface area contributed by atoms with Crippen LogP contribution in [-0.2, 0) is 0 Å². The Balaban J connectivity index is 1.76. The lowest BCUT2D eigenvalue weighted by atomic mass is 10.1. The van der Waals surface area contributed by atoms with Crippen molar-refractivity contribution in [1.29, 1.82) is 0 Å². The van der Waals surface area contributed by atoms with Gasteiger partial charge in [0.05, 0.1) is 13.7 Å². The van der Waals surface area contributed by atoms with E-state index < -0.39 is 0 Å². The number of aromatic nitrogens is 2. The fourth-order valence-electron chi connectivity index (χ4n) is 2.73. The maximum absolute atomic E-state index is 12.6. The molecular formula is C21H23N3O4. The Morgan fingerprint density at radius 1 is 1.18 bits per heavy atom. The van der Waals surface area contributed by atoms with Crippen molar-refractivity contribution < 1.29 is 18.9 Å². The molecule has 0 radical (unpaired) electrons. The number of ether oxygens (including phenoxy) is 2. The second kappa shape index (κ2) is 9.03. The molecule has 7 heteroatoms. The smallest absolute Gasteiger partial charge is 0.257 e. The summed E-state index contributed by atoms with van der Waals surface area (Å²) in [6, 6.07) is 12.6. The predicted molar refractivity (Wildman–Crippen MR) is 106 cm³/mol. The van der Waals surface area contributed by atoms with E-state index in [4.69, 9.17) is 14.1 Å². The van der Waals surface area contributed by atoms with E-state index in [2.05, 4.69) is 22.6 Å². The molecule has 28 heavy (non-hydrogen) atoms. The summed E-state index contributed by atoms with van der Waals surface area (Å²) in [4.78, 5) is 12.6. The molecule has 1 amide bonds. The maximum Gasteiger partial charge on any atom is 0.257 e. The first kappa shape index (κ1) is 19.4.